The lowest BCUT2D eigenvalue weighted by Crippen LogP contribution is -2.38. The Morgan fingerprint density at radius 1 is 1.12 bits per heavy atom. The zero-order chi connectivity index (χ0) is 29.8. The molecule has 1 saturated carbocycles. The largest absolute Gasteiger partial charge is 0.372 e. The fourth-order valence-electron chi connectivity index (χ4n) is 6.75. The summed E-state index contributed by atoms with van der Waals surface area (Å²) in [7, 11) is 0. The van der Waals surface area contributed by atoms with E-state index in [0.717, 1.165) is 53.8 Å². The molecule has 5 aliphatic rings. The smallest absolute Gasteiger partial charge is 0.183 e. The molecule has 0 radical (unpaired) electrons. The minimum atomic E-state index is -0.0476. The minimum absolute atomic E-state index is 0.0476. The summed E-state index contributed by atoms with van der Waals surface area (Å²) in [6.07, 6.45) is 26.6. The second-order valence-electron chi connectivity index (χ2n) is 12.9. The average Bonchev–Trinajstić information content (AvgIpc) is 3.20. The second-order valence-corrected chi connectivity index (χ2v) is 12.9. The Bertz CT molecular complexity index is 1450. The first kappa shape index (κ1) is 30.1. The predicted octanol–water partition coefficient (Wildman–Crippen LogP) is 9.47. The molecule has 2 atom stereocenters. The van der Waals surface area contributed by atoms with Gasteiger partial charge in [0.2, 0.25) is 0 Å². The Morgan fingerprint density at radius 3 is 2.60 bits per heavy atom. The van der Waals surface area contributed by atoms with E-state index in [1.807, 2.05) is 0 Å². The van der Waals surface area contributed by atoms with Crippen LogP contribution in [0.25, 0.3) is 0 Å². The van der Waals surface area contributed by atoms with Crippen LogP contribution in [0.1, 0.15) is 86.0 Å². The van der Waals surface area contributed by atoms with Gasteiger partial charge in [-0.1, -0.05) is 64.3 Å². The number of carbonyl (C=O) groups is 1. The van der Waals surface area contributed by atoms with Crippen LogP contribution in [0.3, 0.4) is 0 Å². The molecule has 5 rings (SSSR count). The number of likely N-dealkylation sites (tertiary alicyclic amines) is 1. The van der Waals surface area contributed by atoms with Crippen molar-refractivity contribution in [1.82, 2.24) is 4.90 Å². The standard InChI is InChI=1S/C39H48N2O/c1-7-31-23-34(15-14-33-20-26(3)27(4)22-37(31)33)38-24-39(42)28(5)21-35(40-38)16-17-36(8-2)41-19-18-32(29(6)25-41)13-12-30-10-9-11-30/h8,14-17,20,23-24,29-30,32H,5,7,9-13,18-19,21,25H2,1-4,6H3/b17-16-,36-8+/t29-,32?/m1/s1. The van der Waals surface area contributed by atoms with Crippen LogP contribution in [0.5, 0.6) is 0 Å². The Kier molecular flexibility index (Phi) is 9.49. The number of carbonyl (C=O) groups excluding carboxylic acids is 1. The van der Waals surface area contributed by atoms with Crippen molar-refractivity contribution in [2.75, 3.05) is 13.1 Å². The van der Waals surface area contributed by atoms with E-state index in [0.29, 0.717) is 23.6 Å². The van der Waals surface area contributed by atoms with E-state index in [9.17, 15) is 4.79 Å². The normalized spacial score (nSPS) is 25.6. The van der Waals surface area contributed by atoms with Crippen LogP contribution in [0, 0.1) is 17.8 Å². The van der Waals surface area contributed by atoms with E-state index in [2.05, 4.69) is 94.4 Å². The van der Waals surface area contributed by atoms with Gasteiger partial charge in [-0.05, 0) is 110 Å². The maximum Gasteiger partial charge on any atom is 0.183 e. The fraction of sp³-hybridized carbons (Fsp3) is 0.462. The number of nitrogens with zero attached hydrogens (tertiary/aromatic N) is 2. The van der Waals surface area contributed by atoms with Gasteiger partial charge in [-0.2, -0.15) is 0 Å². The number of rotatable bonds is 8. The molecule has 2 aliphatic heterocycles. The molecule has 0 aromatic rings. The lowest BCUT2D eigenvalue weighted by molar-refractivity contribution is -0.111. The van der Waals surface area contributed by atoms with Gasteiger partial charge in [0.25, 0.3) is 0 Å². The molecule has 2 heterocycles. The highest BCUT2D eigenvalue weighted by Gasteiger charge is 2.28. The topological polar surface area (TPSA) is 32.7 Å². The maximum absolute atomic E-state index is 13.0. The summed E-state index contributed by atoms with van der Waals surface area (Å²) in [6.45, 7) is 17.3. The van der Waals surface area contributed by atoms with Crippen LogP contribution < -0.4 is 0 Å². The molecule has 0 N–H and O–H groups in total. The third-order valence-electron chi connectivity index (χ3n) is 9.97. The molecule has 1 saturated heterocycles. The Balaban J connectivity index is 1.35. The summed E-state index contributed by atoms with van der Waals surface area (Å²) in [5.74, 6) is 2.51. The monoisotopic (exact) mass is 560 g/mol. The van der Waals surface area contributed by atoms with Crippen molar-refractivity contribution >= 4 is 11.5 Å². The molecule has 0 bridgehead atoms. The molecule has 3 aliphatic carbocycles. The number of fused-ring (bicyclic) bond motifs is 1. The number of ketones is 1. The lowest BCUT2D eigenvalue weighted by Gasteiger charge is -2.40. The predicted molar refractivity (Wildman–Crippen MR) is 177 cm³/mol. The summed E-state index contributed by atoms with van der Waals surface area (Å²) >= 11 is 0. The van der Waals surface area contributed by atoms with Gasteiger partial charge in [-0.25, -0.2) is 0 Å². The molecule has 42 heavy (non-hydrogen) atoms. The number of piperidine rings is 1. The number of allylic oxidation sites excluding steroid dienone is 13. The zero-order valence-electron chi connectivity index (χ0n) is 26.4. The van der Waals surface area contributed by atoms with Crippen molar-refractivity contribution in [2.45, 2.75) is 86.0 Å². The highest BCUT2D eigenvalue weighted by Crippen LogP contribution is 2.37. The summed E-state index contributed by atoms with van der Waals surface area (Å²) in [5, 5.41) is 0. The molecule has 0 aromatic heterocycles. The third kappa shape index (κ3) is 6.79. The first-order valence-corrected chi connectivity index (χ1v) is 16.2. The number of hydrogen-bond acceptors (Lipinski definition) is 3. The molecule has 0 aromatic carbocycles. The average molecular weight is 561 g/mol. The van der Waals surface area contributed by atoms with Gasteiger partial charge in [0.05, 0.1) is 5.70 Å². The molecule has 3 nitrogen and oxygen atoms in total. The SMILES string of the molecule is C=C1CC(/C=C\C(=C/C)N2CCC(CCC3CCC3)[C@H](C)C2)=NC(C2=CC=C3C=C(C)C(C)=C=C3C(CC)=C2)=CC1=O. The highest BCUT2D eigenvalue weighted by atomic mass is 16.1. The van der Waals surface area contributed by atoms with Crippen LogP contribution in [-0.4, -0.2) is 29.5 Å². The van der Waals surface area contributed by atoms with Gasteiger partial charge >= 0.3 is 0 Å². The van der Waals surface area contributed by atoms with Crippen molar-refractivity contribution in [2.24, 2.45) is 22.7 Å². The van der Waals surface area contributed by atoms with E-state index in [1.165, 1.54) is 60.9 Å². The molecule has 2 fully saturated rings. The lowest BCUT2D eigenvalue weighted by atomic mass is 9.76. The van der Waals surface area contributed by atoms with Gasteiger partial charge in [0.15, 0.2) is 5.78 Å². The Labute approximate surface area is 253 Å². The van der Waals surface area contributed by atoms with Gasteiger partial charge in [-0.3, -0.25) is 9.79 Å². The van der Waals surface area contributed by atoms with Crippen LogP contribution in [0.2, 0.25) is 0 Å². The van der Waals surface area contributed by atoms with Gasteiger partial charge in [0.1, 0.15) is 0 Å². The summed E-state index contributed by atoms with van der Waals surface area (Å²) in [5.41, 5.74) is 13.8. The van der Waals surface area contributed by atoms with Crippen LogP contribution in [-0.2, 0) is 4.79 Å². The van der Waals surface area contributed by atoms with Crippen molar-refractivity contribution in [3.05, 3.63) is 111 Å². The maximum atomic E-state index is 13.0. The number of aliphatic imine (C=N–C) groups is 1. The molecule has 0 spiro atoms. The third-order valence-corrected chi connectivity index (χ3v) is 9.97. The molecule has 1 unspecified atom stereocenters. The van der Waals surface area contributed by atoms with Gasteiger partial charge in [-0.15, -0.1) is 5.73 Å². The van der Waals surface area contributed by atoms with Crippen LogP contribution in [0.15, 0.2) is 116 Å². The van der Waals surface area contributed by atoms with Gasteiger partial charge in [0, 0.05) is 48.1 Å². The first-order chi connectivity index (χ1) is 20.2. The van der Waals surface area contributed by atoms with E-state index >= 15 is 0 Å². The minimum Gasteiger partial charge on any atom is -0.372 e. The van der Waals surface area contributed by atoms with Crippen molar-refractivity contribution in [1.29, 1.82) is 0 Å². The summed E-state index contributed by atoms with van der Waals surface area (Å²) < 4.78 is 0. The van der Waals surface area contributed by atoms with Crippen molar-refractivity contribution < 1.29 is 4.79 Å². The molecule has 3 heteroatoms. The quantitative estimate of drug-likeness (QED) is 0.168. The van der Waals surface area contributed by atoms with E-state index in [4.69, 9.17) is 4.99 Å². The van der Waals surface area contributed by atoms with Crippen LogP contribution in [0.4, 0.5) is 0 Å². The van der Waals surface area contributed by atoms with Gasteiger partial charge < -0.3 is 4.90 Å². The summed E-state index contributed by atoms with van der Waals surface area (Å²) in [4.78, 5) is 20.6. The zero-order valence-corrected chi connectivity index (χ0v) is 26.4. The van der Waals surface area contributed by atoms with Crippen molar-refractivity contribution in [3.8, 4) is 0 Å². The van der Waals surface area contributed by atoms with Crippen LogP contribution >= 0.6 is 0 Å². The molecule has 220 valence electrons. The van der Waals surface area contributed by atoms with Crippen molar-refractivity contribution in [3.63, 3.8) is 0 Å². The van der Waals surface area contributed by atoms with E-state index in [-0.39, 0.29) is 5.78 Å². The van der Waals surface area contributed by atoms with E-state index < -0.39 is 0 Å². The molecule has 0 amide bonds. The molecular formula is C39H48N2O. The molecular weight excluding hydrogens is 512 g/mol. The second kappa shape index (κ2) is 13.3. The van der Waals surface area contributed by atoms with E-state index in [1.54, 1.807) is 6.08 Å². The summed E-state index contributed by atoms with van der Waals surface area (Å²) in [6, 6.07) is 0. The Hall–Kier alpha value is -3.42. The fourth-order valence-corrected chi connectivity index (χ4v) is 6.75. The highest BCUT2D eigenvalue weighted by molar-refractivity contribution is 6.12. The Morgan fingerprint density at radius 2 is 1.90 bits per heavy atom. The first-order valence-electron chi connectivity index (χ1n) is 16.2. The number of hydrogen-bond donors (Lipinski definition) is 0.